The van der Waals surface area contributed by atoms with Gasteiger partial charge in [0.15, 0.2) is 0 Å². The number of halogens is 4. The second-order valence-electron chi connectivity index (χ2n) is 18.8. The third kappa shape index (κ3) is 14.0. The fraction of sp³-hybridized carbons (Fsp3) is 0.738. The van der Waals surface area contributed by atoms with Crippen molar-refractivity contribution < 1.29 is 81.0 Å². The van der Waals surface area contributed by atoms with Gasteiger partial charge in [-0.05, 0) is 82.6 Å². The molecule has 0 aliphatic carbocycles. The van der Waals surface area contributed by atoms with Crippen LogP contribution in [0.4, 0.5) is 0 Å². The first-order chi connectivity index (χ1) is 29.1. The Kier molecular flexibility index (Phi) is 18.1. The van der Waals surface area contributed by atoms with E-state index in [1.807, 2.05) is 6.08 Å². The van der Waals surface area contributed by atoms with E-state index in [0.29, 0.717) is 6.42 Å². The molecule has 18 nitrogen and oxygen atoms in total. The predicted molar refractivity (Wildman–Crippen MR) is 239 cm³/mol. The minimum Gasteiger partial charge on any atom is -0.464 e. The van der Waals surface area contributed by atoms with Crippen LogP contribution >= 0.6 is 63.7 Å². The average molecular weight is 1170 g/mol. The molecule has 3 aliphatic heterocycles. The molecule has 2 amide bonds. The molecule has 360 valence electrons. The Labute approximate surface area is 406 Å². The van der Waals surface area contributed by atoms with E-state index in [9.17, 15) is 43.2 Å². The van der Waals surface area contributed by atoms with Gasteiger partial charge in [-0.1, -0.05) is 75.9 Å². The molecule has 2 unspecified atom stereocenters. The van der Waals surface area contributed by atoms with Crippen molar-refractivity contribution in [1.82, 2.24) is 4.90 Å². The maximum atomic E-state index is 14.1. The van der Waals surface area contributed by atoms with Crippen molar-refractivity contribution in [1.29, 1.82) is 0 Å². The number of fused-ring (bicyclic) bond motifs is 5. The summed E-state index contributed by atoms with van der Waals surface area (Å²) in [7, 11) is 0. The number of nitrogens with zero attached hydrogens (tertiary/aromatic N) is 1. The van der Waals surface area contributed by atoms with Crippen molar-refractivity contribution in [3.8, 4) is 0 Å². The molecule has 2 fully saturated rings. The lowest BCUT2D eigenvalue weighted by molar-refractivity contribution is -0.183. The summed E-state index contributed by atoms with van der Waals surface area (Å²) in [5.41, 5.74) is -5.74. The largest absolute Gasteiger partial charge is 0.464 e. The van der Waals surface area contributed by atoms with Gasteiger partial charge in [0, 0.05) is 0 Å². The first-order valence-electron chi connectivity index (χ1n) is 20.2. The summed E-state index contributed by atoms with van der Waals surface area (Å²) in [4.78, 5) is 121. The minimum atomic E-state index is -2.04. The van der Waals surface area contributed by atoms with Crippen LogP contribution in [0.5, 0.6) is 0 Å². The lowest BCUT2D eigenvalue weighted by atomic mass is 9.90. The fourth-order valence-electron chi connectivity index (χ4n) is 6.08. The standard InChI is InChI=1S/C42H57Br4NO17/c1-36(2,43)29(50)58-17-41(10,18-59-30(51)37(3,4)44)34(55)62-21-40(9,33(54)57-16-15-47-27(48)25-23-13-12-14-24(64-23)26(25)28(47)49)22-63-35(56)42(11,19-60-31(52)38(5,6)45)20-61-32(53)39(7,8)46/h12-13,23-26H,14-22H2,1-11H3/t23?,24?,25-,26+/m1/s1. The van der Waals surface area contributed by atoms with Gasteiger partial charge < -0.3 is 37.9 Å². The van der Waals surface area contributed by atoms with Gasteiger partial charge >= 0.3 is 41.8 Å². The van der Waals surface area contributed by atoms with Gasteiger partial charge in [0.05, 0.1) is 30.6 Å². The molecule has 3 aliphatic rings. The van der Waals surface area contributed by atoms with Gasteiger partial charge in [-0.2, -0.15) is 0 Å². The van der Waals surface area contributed by atoms with E-state index in [0.717, 1.165) is 4.90 Å². The first kappa shape index (κ1) is 55.4. The van der Waals surface area contributed by atoms with Crippen LogP contribution in [0.2, 0.25) is 0 Å². The molecule has 0 aromatic carbocycles. The van der Waals surface area contributed by atoms with Crippen molar-refractivity contribution in [3.63, 3.8) is 0 Å². The number of hydrogen-bond acceptors (Lipinski definition) is 17. The summed E-state index contributed by atoms with van der Waals surface area (Å²) in [6.45, 7) is 10.9. The lowest BCUT2D eigenvalue weighted by Crippen LogP contribution is -2.48. The summed E-state index contributed by atoms with van der Waals surface area (Å²) in [6, 6.07) is 0. The van der Waals surface area contributed by atoms with Crippen LogP contribution in [0.25, 0.3) is 0 Å². The Bertz CT molecular complexity index is 1730. The molecular weight excluding hydrogens is 1110 g/mol. The summed E-state index contributed by atoms with van der Waals surface area (Å²) in [5.74, 6) is -8.67. The Balaban J connectivity index is 1.90. The zero-order valence-corrected chi connectivity index (χ0v) is 44.1. The van der Waals surface area contributed by atoms with Crippen molar-refractivity contribution >= 4 is 117 Å². The highest BCUT2D eigenvalue weighted by molar-refractivity contribution is 9.10. The van der Waals surface area contributed by atoms with E-state index < -0.39 is 157 Å². The highest BCUT2D eigenvalue weighted by Crippen LogP contribution is 2.44. The number of carbonyl (C=O) groups excluding carboxylic acids is 9. The first-order valence-corrected chi connectivity index (χ1v) is 23.4. The monoisotopic (exact) mass is 1160 g/mol. The number of likely N-dealkylation sites (tertiary alicyclic amines) is 1. The highest BCUT2D eigenvalue weighted by Gasteiger charge is 2.59. The summed E-state index contributed by atoms with van der Waals surface area (Å²) in [6.07, 6.45) is 3.08. The third-order valence-corrected chi connectivity index (χ3v) is 11.7. The van der Waals surface area contributed by atoms with Gasteiger partial charge in [-0.15, -0.1) is 0 Å². The molecule has 0 N–H and O–H groups in total. The molecule has 2 saturated heterocycles. The van der Waals surface area contributed by atoms with Crippen LogP contribution in [0, 0.1) is 28.1 Å². The SMILES string of the molecule is CC(C)(Br)C(=O)OCC(C)(COC(=O)C(C)(C)Br)C(=O)OCC(C)(COC(=O)C(C)(COC(=O)C(C)(C)Br)COC(=O)C(C)(C)Br)C(=O)OCCN1C(=O)[C@@H]2C3C=CCC(O3)[C@@H]2C1=O. The average Bonchev–Trinajstić information content (AvgIpc) is 3.60. The van der Waals surface area contributed by atoms with Crippen LogP contribution < -0.4 is 0 Å². The molecular formula is C42H57Br4NO17. The molecule has 2 bridgehead atoms. The summed E-state index contributed by atoms with van der Waals surface area (Å²) >= 11 is 12.8. The van der Waals surface area contributed by atoms with Crippen LogP contribution in [0.1, 0.15) is 82.6 Å². The number of imide groups is 1. The number of rotatable bonds is 22. The zero-order chi connectivity index (χ0) is 49.0. The molecule has 0 saturated carbocycles. The third-order valence-electron chi connectivity index (χ3n) is 10.4. The zero-order valence-electron chi connectivity index (χ0n) is 37.7. The van der Waals surface area contributed by atoms with Crippen molar-refractivity contribution in [2.75, 3.05) is 52.8 Å². The second kappa shape index (κ2) is 20.9. The number of carbonyl (C=O) groups is 9. The number of esters is 7. The second-order valence-corrected chi connectivity index (χ2v) is 26.8. The van der Waals surface area contributed by atoms with E-state index >= 15 is 0 Å². The number of alkyl halides is 4. The molecule has 64 heavy (non-hydrogen) atoms. The predicted octanol–water partition coefficient (Wildman–Crippen LogP) is 4.83. The molecule has 3 rings (SSSR count). The van der Waals surface area contributed by atoms with E-state index in [4.69, 9.17) is 37.9 Å². The Morgan fingerprint density at radius 2 is 0.812 bits per heavy atom. The van der Waals surface area contributed by atoms with Crippen molar-refractivity contribution in [3.05, 3.63) is 12.2 Å². The maximum absolute atomic E-state index is 14.1. The van der Waals surface area contributed by atoms with Gasteiger partial charge in [0.25, 0.3) is 0 Å². The van der Waals surface area contributed by atoms with Crippen molar-refractivity contribution in [2.45, 2.75) is 112 Å². The van der Waals surface area contributed by atoms with Crippen LogP contribution in [0.15, 0.2) is 12.2 Å². The molecule has 0 radical (unpaired) electrons. The van der Waals surface area contributed by atoms with Gasteiger partial charge in [0.2, 0.25) is 11.8 Å². The van der Waals surface area contributed by atoms with E-state index in [2.05, 4.69) is 63.7 Å². The maximum Gasteiger partial charge on any atom is 0.322 e. The van der Waals surface area contributed by atoms with E-state index in [1.54, 1.807) is 6.08 Å². The Hall–Kier alpha value is -2.95. The van der Waals surface area contributed by atoms with Crippen LogP contribution in [0.3, 0.4) is 0 Å². The Morgan fingerprint density at radius 1 is 0.516 bits per heavy atom. The van der Waals surface area contributed by atoms with Gasteiger partial charge in [0.1, 0.15) is 79.8 Å². The number of hydrogen-bond donors (Lipinski definition) is 0. The lowest BCUT2D eigenvalue weighted by Gasteiger charge is -2.33. The quantitative estimate of drug-likeness (QED) is 0.0465. The fourth-order valence-corrected chi connectivity index (χ4v) is 6.54. The van der Waals surface area contributed by atoms with Crippen LogP contribution in [-0.2, 0) is 81.0 Å². The minimum absolute atomic E-state index is 0.319. The molecule has 4 atom stereocenters. The molecule has 3 heterocycles. The molecule has 22 heteroatoms. The van der Waals surface area contributed by atoms with Gasteiger partial charge in [-0.25, -0.2) is 0 Å². The summed E-state index contributed by atoms with van der Waals surface area (Å²) in [5, 5.41) is 0. The topological polar surface area (TPSA) is 231 Å². The van der Waals surface area contributed by atoms with Gasteiger partial charge in [-0.3, -0.25) is 48.1 Å². The van der Waals surface area contributed by atoms with E-state index in [1.165, 1.54) is 76.2 Å². The molecule has 0 spiro atoms. The van der Waals surface area contributed by atoms with Crippen LogP contribution in [-0.4, -0.2) is 141 Å². The van der Waals surface area contributed by atoms with Crippen molar-refractivity contribution in [2.24, 2.45) is 28.1 Å². The summed E-state index contributed by atoms with van der Waals surface area (Å²) < 4.78 is 39.7. The smallest absolute Gasteiger partial charge is 0.322 e. The number of amides is 2. The number of ether oxygens (including phenoxy) is 8. The molecule has 0 aromatic heterocycles. The highest BCUT2D eigenvalue weighted by atomic mass is 79.9. The molecule has 0 aromatic rings. The Morgan fingerprint density at radius 3 is 1.14 bits per heavy atom. The normalized spacial score (nSPS) is 20.3. The van der Waals surface area contributed by atoms with E-state index in [-0.39, 0.29) is 6.54 Å².